The maximum atomic E-state index is 14.5. The van der Waals surface area contributed by atoms with Gasteiger partial charge in [0.05, 0.1) is 17.9 Å². The molecular formula is C27H43Br2ClFN5O. The minimum atomic E-state index is -0.367. The van der Waals surface area contributed by atoms with Crippen molar-refractivity contribution >= 4 is 57.3 Å². The van der Waals surface area contributed by atoms with Crippen LogP contribution in [0.2, 0.25) is 5.02 Å². The Morgan fingerprint density at radius 3 is 2.57 bits per heavy atom. The SMILES string of the molecule is Br.Br.CCC[C@H](N[C@H]1CCc2cc(Cl)cc(F)c2C1)C(=O)Nc1cn(C(C)(C)CNCC(C)(C)C)cn1. The van der Waals surface area contributed by atoms with Gasteiger partial charge < -0.3 is 20.5 Å². The lowest BCUT2D eigenvalue weighted by Crippen LogP contribution is -2.48. The molecule has 0 radical (unpaired) electrons. The van der Waals surface area contributed by atoms with Crippen molar-refractivity contribution in [1.82, 2.24) is 20.2 Å². The van der Waals surface area contributed by atoms with Gasteiger partial charge in [-0.15, -0.1) is 34.0 Å². The number of hydrogen-bond acceptors (Lipinski definition) is 4. The van der Waals surface area contributed by atoms with Crippen molar-refractivity contribution in [3.63, 3.8) is 0 Å². The van der Waals surface area contributed by atoms with Gasteiger partial charge in [-0.05, 0) is 68.2 Å². The molecule has 0 fully saturated rings. The lowest BCUT2D eigenvalue weighted by atomic mass is 9.87. The van der Waals surface area contributed by atoms with Crippen molar-refractivity contribution in [2.24, 2.45) is 5.41 Å². The van der Waals surface area contributed by atoms with Crippen LogP contribution in [0, 0.1) is 11.2 Å². The molecule has 10 heteroatoms. The van der Waals surface area contributed by atoms with Crippen molar-refractivity contribution in [3.05, 3.63) is 46.6 Å². The predicted molar refractivity (Wildman–Crippen MR) is 162 cm³/mol. The second-order valence-electron chi connectivity index (χ2n) is 11.6. The fraction of sp³-hybridized carbons (Fsp3) is 0.630. The quantitative estimate of drug-likeness (QED) is 0.272. The Morgan fingerprint density at radius 2 is 1.92 bits per heavy atom. The summed E-state index contributed by atoms with van der Waals surface area (Å²) in [5.74, 6) is 0.167. The van der Waals surface area contributed by atoms with Gasteiger partial charge in [-0.25, -0.2) is 9.37 Å². The first kappa shape index (κ1) is 34.0. The molecule has 1 heterocycles. The molecule has 1 amide bonds. The maximum absolute atomic E-state index is 14.5. The molecule has 2 aromatic rings. The number of carbonyl (C=O) groups excluding carboxylic acids is 1. The number of fused-ring (bicyclic) bond motifs is 1. The highest BCUT2D eigenvalue weighted by atomic mass is 79.9. The molecule has 3 N–H and O–H groups in total. The van der Waals surface area contributed by atoms with E-state index in [4.69, 9.17) is 11.6 Å². The Morgan fingerprint density at radius 1 is 1.22 bits per heavy atom. The normalized spacial score (nSPS) is 16.3. The van der Waals surface area contributed by atoms with Gasteiger partial charge in [-0.2, -0.15) is 0 Å². The molecule has 0 saturated heterocycles. The van der Waals surface area contributed by atoms with Gasteiger partial charge in [0.2, 0.25) is 5.91 Å². The first-order valence-corrected chi connectivity index (χ1v) is 13.0. The topological polar surface area (TPSA) is 71.0 Å². The third-order valence-electron chi connectivity index (χ3n) is 6.54. The monoisotopic (exact) mass is 665 g/mol. The molecule has 3 rings (SSSR count). The number of amides is 1. The van der Waals surface area contributed by atoms with Crippen LogP contribution in [-0.4, -0.2) is 40.6 Å². The summed E-state index contributed by atoms with van der Waals surface area (Å²) in [6.45, 7) is 14.7. The van der Waals surface area contributed by atoms with E-state index in [9.17, 15) is 9.18 Å². The highest BCUT2D eigenvalue weighted by Gasteiger charge is 2.28. The number of halogens is 4. The molecule has 0 spiro atoms. The van der Waals surface area contributed by atoms with Gasteiger partial charge in [-0.3, -0.25) is 4.79 Å². The Hall–Kier alpha value is -1.00. The number of nitrogens with one attached hydrogen (secondary N) is 3. The first-order chi connectivity index (χ1) is 16.4. The van der Waals surface area contributed by atoms with E-state index in [1.165, 1.54) is 6.07 Å². The number of carbonyl (C=O) groups is 1. The Labute approximate surface area is 247 Å². The molecule has 1 aliphatic rings. The zero-order chi connectivity index (χ0) is 25.8. The van der Waals surface area contributed by atoms with E-state index in [2.05, 4.69) is 62.5 Å². The van der Waals surface area contributed by atoms with Crippen LogP contribution >= 0.6 is 45.6 Å². The predicted octanol–water partition coefficient (Wildman–Crippen LogP) is 6.46. The van der Waals surface area contributed by atoms with Gasteiger partial charge in [0, 0.05) is 30.4 Å². The van der Waals surface area contributed by atoms with Gasteiger partial charge in [-0.1, -0.05) is 45.7 Å². The van der Waals surface area contributed by atoms with E-state index in [-0.39, 0.29) is 68.7 Å². The van der Waals surface area contributed by atoms with Crippen molar-refractivity contribution in [2.75, 3.05) is 18.4 Å². The number of nitrogens with zero attached hydrogens (tertiary/aromatic N) is 2. The Balaban J connectivity index is 0.00000342. The summed E-state index contributed by atoms with van der Waals surface area (Å²) in [7, 11) is 0. The molecule has 0 aliphatic heterocycles. The Kier molecular flexibility index (Phi) is 13.2. The van der Waals surface area contributed by atoms with Gasteiger partial charge in [0.15, 0.2) is 5.82 Å². The van der Waals surface area contributed by atoms with Crippen LogP contribution in [-0.2, 0) is 23.2 Å². The summed E-state index contributed by atoms with van der Waals surface area (Å²) in [6, 6.07) is 2.89. The molecule has 1 aliphatic carbocycles. The molecule has 210 valence electrons. The molecule has 0 bridgehead atoms. The third-order valence-corrected chi connectivity index (χ3v) is 6.76. The molecular weight excluding hydrogens is 625 g/mol. The van der Waals surface area contributed by atoms with E-state index in [1.807, 2.05) is 16.8 Å². The van der Waals surface area contributed by atoms with E-state index >= 15 is 0 Å². The van der Waals surface area contributed by atoms with E-state index in [0.717, 1.165) is 37.9 Å². The number of anilines is 1. The van der Waals surface area contributed by atoms with Crippen LogP contribution < -0.4 is 16.0 Å². The minimum Gasteiger partial charge on any atom is -0.328 e. The average Bonchev–Trinajstić information content (AvgIpc) is 3.22. The van der Waals surface area contributed by atoms with Crippen LogP contribution in [0.25, 0.3) is 0 Å². The zero-order valence-corrected chi connectivity index (χ0v) is 27.0. The summed E-state index contributed by atoms with van der Waals surface area (Å²) in [5, 5.41) is 10.4. The van der Waals surface area contributed by atoms with Crippen LogP contribution in [0.4, 0.5) is 10.2 Å². The number of hydrogen-bond donors (Lipinski definition) is 3. The minimum absolute atomic E-state index is 0. The molecule has 6 nitrogen and oxygen atoms in total. The summed E-state index contributed by atoms with van der Waals surface area (Å²) in [6.07, 6.45) is 7.34. The van der Waals surface area contributed by atoms with Crippen LogP contribution in [0.1, 0.15) is 71.9 Å². The molecule has 1 aromatic carbocycles. The summed E-state index contributed by atoms with van der Waals surface area (Å²) < 4.78 is 16.5. The van der Waals surface area contributed by atoms with E-state index in [0.29, 0.717) is 29.2 Å². The zero-order valence-electron chi connectivity index (χ0n) is 22.8. The van der Waals surface area contributed by atoms with E-state index in [1.54, 1.807) is 6.33 Å². The molecule has 0 unspecified atom stereocenters. The highest BCUT2D eigenvalue weighted by Crippen LogP contribution is 2.28. The molecule has 1 aromatic heterocycles. The van der Waals surface area contributed by atoms with Gasteiger partial charge in [0.25, 0.3) is 0 Å². The molecule has 37 heavy (non-hydrogen) atoms. The summed E-state index contributed by atoms with van der Waals surface area (Å²) >= 11 is 6.02. The van der Waals surface area contributed by atoms with Crippen LogP contribution in [0.3, 0.4) is 0 Å². The van der Waals surface area contributed by atoms with Crippen LogP contribution in [0.5, 0.6) is 0 Å². The van der Waals surface area contributed by atoms with Crippen molar-refractivity contribution in [2.45, 2.75) is 91.3 Å². The lowest BCUT2D eigenvalue weighted by molar-refractivity contribution is -0.118. The Bertz CT molecular complexity index is 1020. The van der Waals surface area contributed by atoms with Crippen LogP contribution in [0.15, 0.2) is 24.7 Å². The smallest absolute Gasteiger partial charge is 0.242 e. The lowest BCUT2D eigenvalue weighted by Gasteiger charge is -2.30. The van der Waals surface area contributed by atoms with E-state index < -0.39 is 0 Å². The van der Waals surface area contributed by atoms with Gasteiger partial charge >= 0.3 is 0 Å². The average molecular weight is 668 g/mol. The number of aryl methyl sites for hydroxylation is 1. The summed E-state index contributed by atoms with van der Waals surface area (Å²) in [4.78, 5) is 17.6. The third kappa shape index (κ3) is 9.92. The fourth-order valence-electron chi connectivity index (χ4n) is 4.56. The number of benzene rings is 1. The largest absolute Gasteiger partial charge is 0.328 e. The molecule has 2 atom stereocenters. The second kappa shape index (κ2) is 14.4. The van der Waals surface area contributed by atoms with Gasteiger partial charge in [0.1, 0.15) is 5.82 Å². The first-order valence-electron chi connectivity index (χ1n) is 12.7. The second-order valence-corrected chi connectivity index (χ2v) is 12.0. The fourth-order valence-corrected chi connectivity index (χ4v) is 4.79. The van der Waals surface area contributed by atoms with Crippen molar-refractivity contribution in [3.8, 4) is 0 Å². The van der Waals surface area contributed by atoms with Crippen molar-refractivity contribution < 1.29 is 9.18 Å². The molecule has 0 saturated carbocycles. The van der Waals surface area contributed by atoms with Crippen molar-refractivity contribution in [1.29, 1.82) is 0 Å². The standard InChI is InChI=1S/C27H41ClFN5O.2BrH/c1-7-8-23(32-20-10-9-18-11-19(28)12-22(29)21(18)13-20)25(35)33-24-14-34(17-31-24)27(5,6)16-30-15-26(2,3)4;;/h11-12,14,17,20,23,30,32H,7-10,13,15-16H2,1-6H3,(H,33,35);2*1H/t20-,23-;;/m0../s1. The number of rotatable bonds is 10. The number of aromatic nitrogens is 2. The maximum Gasteiger partial charge on any atom is 0.242 e. The summed E-state index contributed by atoms with van der Waals surface area (Å²) in [5.41, 5.74) is 1.69. The number of imidazole rings is 1. The highest BCUT2D eigenvalue weighted by molar-refractivity contribution is 8.93.